The average molecular weight is 286 g/mol. The molecule has 2 rings (SSSR count). The highest BCUT2D eigenvalue weighted by molar-refractivity contribution is 6.06. The molecule has 1 N–H and O–H groups in total. The van der Waals surface area contributed by atoms with Crippen molar-refractivity contribution in [3.05, 3.63) is 53.6 Å². The van der Waals surface area contributed by atoms with Crippen LogP contribution in [0.25, 0.3) is 0 Å². The fraction of sp³-hybridized carbons (Fsp3) is 0.353. The van der Waals surface area contributed by atoms with Crippen molar-refractivity contribution < 1.29 is 15.1 Å². The van der Waals surface area contributed by atoms with Crippen molar-refractivity contribution in [2.24, 2.45) is 0 Å². The molecule has 0 aromatic heterocycles. The molecule has 21 heavy (non-hydrogen) atoms. The number of benzene rings is 1. The molecular formula is C17H20NO3. The van der Waals surface area contributed by atoms with Gasteiger partial charge >= 0.3 is 0 Å². The van der Waals surface area contributed by atoms with E-state index in [-0.39, 0.29) is 17.1 Å². The van der Waals surface area contributed by atoms with Gasteiger partial charge in [-0.1, -0.05) is 24.3 Å². The van der Waals surface area contributed by atoms with E-state index in [0.29, 0.717) is 0 Å². The second-order valence-electron chi connectivity index (χ2n) is 6.32. The maximum absolute atomic E-state index is 12.2. The number of para-hydroxylation sites is 1. The number of carbonyl (C=O) groups is 1. The lowest BCUT2D eigenvalue weighted by Gasteiger charge is -2.33. The molecule has 0 saturated carbocycles. The number of allylic oxidation sites excluding steroid dienone is 1. The Bertz CT molecular complexity index is 627. The van der Waals surface area contributed by atoms with E-state index >= 15 is 0 Å². The second kappa shape index (κ2) is 5.13. The maximum Gasteiger partial charge on any atom is 0.189 e. The van der Waals surface area contributed by atoms with Crippen molar-refractivity contribution in [2.45, 2.75) is 38.8 Å². The van der Waals surface area contributed by atoms with Crippen LogP contribution in [0.2, 0.25) is 0 Å². The van der Waals surface area contributed by atoms with Gasteiger partial charge in [0.1, 0.15) is 5.75 Å². The zero-order valence-corrected chi connectivity index (χ0v) is 12.8. The molecule has 1 aliphatic heterocycles. The van der Waals surface area contributed by atoms with E-state index in [0.717, 1.165) is 10.6 Å². The van der Waals surface area contributed by atoms with E-state index in [1.165, 1.54) is 12.1 Å². The van der Waals surface area contributed by atoms with Gasteiger partial charge in [0.25, 0.3) is 0 Å². The summed E-state index contributed by atoms with van der Waals surface area (Å²) < 4.78 is 0. The van der Waals surface area contributed by atoms with Crippen LogP contribution in [0.1, 0.15) is 38.1 Å². The van der Waals surface area contributed by atoms with Gasteiger partial charge in [0.2, 0.25) is 0 Å². The van der Waals surface area contributed by atoms with Gasteiger partial charge < -0.3 is 5.11 Å². The lowest BCUT2D eigenvalue weighted by atomic mass is 9.95. The van der Waals surface area contributed by atoms with E-state index in [1.807, 2.05) is 33.8 Å². The Hall–Kier alpha value is -1.91. The quantitative estimate of drug-likeness (QED) is 0.685. The predicted molar refractivity (Wildman–Crippen MR) is 80.3 cm³/mol. The Morgan fingerprint density at radius 2 is 1.81 bits per heavy atom. The molecule has 1 aromatic carbocycles. The van der Waals surface area contributed by atoms with Crippen LogP contribution < -0.4 is 0 Å². The molecule has 1 aromatic rings. The Morgan fingerprint density at radius 1 is 1.19 bits per heavy atom. The monoisotopic (exact) mass is 286 g/mol. The SMILES string of the molecule is CC1(C)C=C(/C=C/C(=O)c2ccccc2O)C(C)(C)N1[O]. The summed E-state index contributed by atoms with van der Waals surface area (Å²) in [6.07, 6.45) is 4.93. The number of hydrogen-bond donors (Lipinski definition) is 1. The molecule has 0 unspecified atom stereocenters. The molecule has 0 spiro atoms. The van der Waals surface area contributed by atoms with E-state index < -0.39 is 11.1 Å². The molecular weight excluding hydrogens is 266 g/mol. The van der Waals surface area contributed by atoms with Crippen LogP contribution in [0.3, 0.4) is 0 Å². The molecule has 0 fully saturated rings. The number of hydrogen-bond acceptors (Lipinski definition) is 3. The van der Waals surface area contributed by atoms with Gasteiger partial charge in [0, 0.05) is 0 Å². The van der Waals surface area contributed by atoms with Gasteiger partial charge in [-0.15, -0.1) is 10.3 Å². The number of hydroxylamine groups is 2. The summed E-state index contributed by atoms with van der Waals surface area (Å²) in [7, 11) is 0. The Morgan fingerprint density at radius 3 is 2.33 bits per heavy atom. The van der Waals surface area contributed by atoms with Crippen LogP contribution in [0.15, 0.2) is 48.1 Å². The molecule has 4 nitrogen and oxygen atoms in total. The highest BCUT2D eigenvalue weighted by atomic mass is 16.5. The fourth-order valence-corrected chi connectivity index (χ4v) is 2.64. The maximum atomic E-state index is 12.2. The molecule has 1 heterocycles. The molecule has 1 aliphatic rings. The predicted octanol–water partition coefficient (Wildman–Crippen LogP) is 3.28. The van der Waals surface area contributed by atoms with Crippen molar-refractivity contribution in [1.82, 2.24) is 5.06 Å². The molecule has 0 amide bonds. The molecule has 0 atom stereocenters. The Kier molecular flexibility index (Phi) is 3.78. The van der Waals surface area contributed by atoms with Crippen molar-refractivity contribution in [3.8, 4) is 5.75 Å². The first-order chi connectivity index (χ1) is 9.66. The first-order valence-electron chi connectivity index (χ1n) is 6.87. The largest absolute Gasteiger partial charge is 0.507 e. The fourth-order valence-electron chi connectivity index (χ4n) is 2.64. The molecule has 0 bridgehead atoms. The lowest BCUT2D eigenvalue weighted by molar-refractivity contribution is -0.238. The third-order valence-corrected chi connectivity index (χ3v) is 3.83. The summed E-state index contributed by atoms with van der Waals surface area (Å²) in [6.45, 7) is 7.34. The van der Waals surface area contributed by atoms with Gasteiger partial charge in [-0.25, -0.2) is 0 Å². The van der Waals surface area contributed by atoms with E-state index in [4.69, 9.17) is 0 Å². The first kappa shape index (κ1) is 15.5. The molecule has 0 aliphatic carbocycles. The van der Waals surface area contributed by atoms with E-state index in [2.05, 4.69) is 0 Å². The zero-order chi connectivity index (χ0) is 15.8. The molecule has 111 valence electrons. The standard InChI is InChI=1S/C17H20NO3/c1-16(2)11-12(17(3,4)18(16)21)9-10-15(20)13-7-5-6-8-14(13)19/h5-11,19H,1-4H3/b10-9+. The Labute approximate surface area is 125 Å². The van der Waals surface area contributed by atoms with Gasteiger partial charge in [-0.2, -0.15) is 0 Å². The van der Waals surface area contributed by atoms with Crippen LogP contribution in [0.4, 0.5) is 0 Å². The minimum atomic E-state index is -0.682. The highest BCUT2D eigenvalue weighted by Gasteiger charge is 2.45. The summed E-state index contributed by atoms with van der Waals surface area (Å²) in [6, 6.07) is 6.40. The molecule has 0 saturated heterocycles. The van der Waals surface area contributed by atoms with Crippen molar-refractivity contribution >= 4 is 5.78 Å². The van der Waals surface area contributed by atoms with Gasteiger partial charge in [0.15, 0.2) is 5.78 Å². The summed E-state index contributed by atoms with van der Waals surface area (Å²) >= 11 is 0. The van der Waals surface area contributed by atoms with Crippen molar-refractivity contribution in [1.29, 1.82) is 0 Å². The number of phenols is 1. The molecule has 4 heteroatoms. The summed E-state index contributed by atoms with van der Waals surface area (Å²) in [4.78, 5) is 12.1. The second-order valence-corrected chi connectivity index (χ2v) is 6.32. The normalized spacial score (nSPS) is 20.7. The van der Waals surface area contributed by atoms with Crippen LogP contribution in [0, 0.1) is 0 Å². The van der Waals surface area contributed by atoms with Gasteiger partial charge in [-0.05, 0) is 51.5 Å². The first-order valence-corrected chi connectivity index (χ1v) is 6.87. The van der Waals surface area contributed by atoms with Crippen LogP contribution in [0.5, 0.6) is 5.75 Å². The smallest absolute Gasteiger partial charge is 0.189 e. The van der Waals surface area contributed by atoms with E-state index in [9.17, 15) is 15.1 Å². The van der Waals surface area contributed by atoms with Crippen LogP contribution in [-0.4, -0.2) is 27.0 Å². The zero-order valence-electron chi connectivity index (χ0n) is 12.8. The van der Waals surface area contributed by atoms with Crippen molar-refractivity contribution in [3.63, 3.8) is 0 Å². The molecule has 1 radical (unpaired) electrons. The van der Waals surface area contributed by atoms with Gasteiger partial charge in [0.05, 0.1) is 16.6 Å². The number of rotatable bonds is 3. The third-order valence-electron chi connectivity index (χ3n) is 3.83. The van der Waals surface area contributed by atoms with E-state index in [1.54, 1.807) is 24.3 Å². The van der Waals surface area contributed by atoms with Crippen LogP contribution >= 0.6 is 0 Å². The topological polar surface area (TPSA) is 60.4 Å². The summed E-state index contributed by atoms with van der Waals surface area (Å²) in [5.74, 6) is -0.329. The highest BCUT2D eigenvalue weighted by Crippen LogP contribution is 2.39. The minimum Gasteiger partial charge on any atom is -0.507 e. The summed E-state index contributed by atoms with van der Waals surface area (Å²) in [5.41, 5.74) is -0.227. The third kappa shape index (κ3) is 2.77. The van der Waals surface area contributed by atoms with Crippen molar-refractivity contribution in [2.75, 3.05) is 0 Å². The lowest BCUT2D eigenvalue weighted by Crippen LogP contribution is -2.46. The number of phenolic OH excluding ortho intramolecular Hbond substituents is 1. The average Bonchev–Trinajstić information content (AvgIpc) is 2.56. The van der Waals surface area contributed by atoms with Gasteiger partial charge in [-0.3, -0.25) is 4.79 Å². The number of ketones is 1. The number of nitrogens with zero attached hydrogens (tertiary/aromatic N) is 1. The number of aromatic hydroxyl groups is 1. The van der Waals surface area contributed by atoms with Crippen LogP contribution in [-0.2, 0) is 5.21 Å². The minimum absolute atomic E-state index is 0.0439. The Balaban J connectivity index is 2.26. The summed E-state index contributed by atoms with van der Waals surface area (Å²) in [5, 5.41) is 22.9. The number of carbonyl (C=O) groups excluding carboxylic acids is 1.